The van der Waals surface area contributed by atoms with Gasteiger partial charge in [-0.1, -0.05) is 48.5 Å². The van der Waals surface area contributed by atoms with Crippen LogP contribution in [0.25, 0.3) is 0 Å². The van der Waals surface area contributed by atoms with Gasteiger partial charge in [0.2, 0.25) is 0 Å². The highest BCUT2D eigenvalue weighted by atomic mass is 16.2. The van der Waals surface area contributed by atoms with Crippen molar-refractivity contribution in [3.63, 3.8) is 0 Å². The predicted octanol–water partition coefficient (Wildman–Crippen LogP) is 7.68. The van der Waals surface area contributed by atoms with Crippen LogP contribution in [0.1, 0.15) is 20.7 Å². The number of anilines is 6. The summed E-state index contributed by atoms with van der Waals surface area (Å²) in [6.07, 6.45) is 0. The summed E-state index contributed by atoms with van der Waals surface area (Å²) in [5.74, 6) is -0.719. The second kappa shape index (κ2) is 11.6. The van der Waals surface area contributed by atoms with Crippen LogP contribution in [0.15, 0.2) is 133 Å². The number of carbonyl (C=O) groups excluding carboxylic acids is 2. The van der Waals surface area contributed by atoms with E-state index in [4.69, 9.17) is 0 Å². The average molecular weight is 499 g/mol. The number of hydrogen-bond acceptors (Lipinski definition) is 4. The smallest absolute Gasteiger partial charge is 0.256 e. The molecule has 0 atom stereocenters. The molecule has 0 spiro atoms. The number of rotatable bonds is 8. The van der Waals surface area contributed by atoms with E-state index in [9.17, 15) is 9.59 Å². The van der Waals surface area contributed by atoms with Crippen LogP contribution < -0.4 is 21.3 Å². The highest BCUT2D eigenvalue weighted by molar-refractivity contribution is 6.15. The maximum atomic E-state index is 13.1. The molecule has 0 aromatic heterocycles. The lowest BCUT2D eigenvalue weighted by Crippen LogP contribution is -2.20. The maximum Gasteiger partial charge on any atom is 0.256 e. The molecule has 0 saturated carbocycles. The van der Waals surface area contributed by atoms with E-state index < -0.39 is 0 Å². The van der Waals surface area contributed by atoms with Crippen molar-refractivity contribution < 1.29 is 9.59 Å². The standard InChI is InChI=1S/C32H26N4O2/c37-31(35-27-19-15-25(16-20-27)33-23-9-3-1-4-10-23)29-13-7-8-14-30(29)32(38)36-28-21-17-26(18-22-28)34-24-11-5-2-6-12-24/h1-22,33-34H,(H,35,37)(H,36,38). The highest BCUT2D eigenvalue weighted by Gasteiger charge is 2.17. The van der Waals surface area contributed by atoms with Crippen LogP contribution in [0.5, 0.6) is 0 Å². The van der Waals surface area contributed by atoms with Gasteiger partial charge in [0, 0.05) is 34.1 Å². The van der Waals surface area contributed by atoms with Gasteiger partial charge in [0.15, 0.2) is 0 Å². The van der Waals surface area contributed by atoms with Crippen molar-refractivity contribution in [2.24, 2.45) is 0 Å². The molecule has 6 nitrogen and oxygen atoms in total. The molecule has 5 aromatic rings. The first-order chi connectivity index (χ1) is 18.6. The Bertz CT molecular complexity index is 1400. The highest BCUT2D eigenvalue weighted by Crippen LogP contribution is 2.22. The Hall–Kier alpha value is -5.36. The third kappa shape index (κ3) is 6.25. The predicted molar refractivity (Wildman–Crippen MR) is 155 cm³/mol. The van der Waals surface area contributed by atoms with E-state index in [1.807, 2.05) is 109 Å². The summed E-state index contributed by atoms with van der Waals surface area (Å²) < 4.78 is 0. The lowest BCUT2D eigenvalue weighted by Gasteiger charge is -2.12. The molecule has 0 fully saturated rings. The van der Waals surface area contributed by atoms with Gasteiger partial charge in [-0.3, -0.25) is 9.59 Å². The average Bonchev–Trinajstić information content (AvgIpc) is 2.96. The Balaban J connectivity index is 1.23. The van der Waals surface area contributed by atoms with Crippen LogP contribution >= 0.6 is 0 Å². The van der Waals surface area contributed by atoms with E-state index in [2.05, 4.69) is 21.3 Å². The molecule has 0 saturated heterocycles. The van der Waals surface area contributed by atoms with Crippen LogP contribution in [0.2, 0.25) is 0 Å². The summed E-state index contributed by atoms with van der Waals surface area (Å²) >= 11 is 0. The van der Waals surface area contributed by atoms with Crippen molar-refractivity contribution in [1.29, 1.82) is 0 Å². The topological polar surface area (TPSA) is 82.3 Å². The lowest BCUT2D eigenvalue weighted by atomic mass is 10.1. The Kier molecular flexibility index (Phi) is 7.42. The van der Waals surface area contributed by atoms with Gasteiger partial charge in [0.1, 0.15) is 0 Å². The summed E-state index contributed by atoms with van der Waals surface area (Å²) in [5, 5.41) is 12.4. The zero-order chi connectivity index (χ0) is 26.2. The lowest BCUT2D eigenvalue weighted by molar-refractivity contribution is 0.0990. The van der Waals surface area contributed by atoms with Crippen molar-refractivity contribution in [2.75, 3.05) is 21.3 Å². The number of hydrogen-bond donors (Lipinski definition) is 4. The normalized spacial score (nSPS) is 10.3. The molecule has 0 aliphatic heterocycles. The Morgan fingerprint density at radius 1 is 0.342 bits per heavy atom. The molecule has 6 heteroatoms. The summed E-state index contributed by atoms with van der Waals surface area (Å²) in [4.78, 5) is 26.1. The zero-order valence-electron chi connectivity index (χ0n) is 20.5. The van der Waals surface area contributed by atoms with Crippen molar-refractivity contribution in [3.05, 3.63) is 145 Å². The minimum atomic E-state index is -0.359. The van der Waals surface area contributed by atoms with Crippen molar-refractivity contribution in [3.8, 4) is 0 Å². The van der Waals surface area contributed by atoms with Crippen LogP contribution in [-0.2, 0) is 0 Å². The molecule has 0 bridgehead atoms. The van der Waals surface area contributed by atoms with Gasteiger partial charge in [-0.05, 0) is 84.9 Å². The molecular weight excluding hydrogens is 472 g/mol. The van der Waals surface area contributed by atoms with Crippen molar-refractivity contribution in [2.45, 2.75) is 0 Å². The van der Waals surface area contributed by atoms with Crippen LogP contribution in [0.4, 0.5) is 34.1 Å². The van der Waals surface area contributed by atoms with E-state index in [0.717, 1.165) is 22.7 Å². The largest absolute Gasteiger partial charge is 0.356 e. The first-order valence-electron chi connectivity index (χ1n) is 12.2. The van der Waals surface area contributed by atoms with Gasteiger partial charge in [0.05, 0.1) is 11.1 Å². The number of nitrogens with one attached hydrogen (secondary N) is 4. The van der Waals surface area contributed by atoms with E-state index in [1.54, 1.807) is 24.3 Å². The Labute approximate surface area is 221 Å². The number of amides is 2. The summed E-state index contributed by atoms with van der Waals surface area (Å²) in [6.45, 7) is 0. The minimum absolute atomic E-state index is 0.291. The zero-order valence-corrected chi connectivity index (χ0v) is 20.5. The molecule has 5 aromatic carbocycles. The van der Waals surface area contributed by atoms with E-state index >= 15 is 0 Å². The van der Waals surface area contributed by atoms with Gasteiger partial charge in [-0.2, -0.15) is 0 Å². The van der Waals surface area contributed by atoms with Gasteiger partial charge in [0.25, 0.3) is 11.8 Å². The van der Waals surface area contributed by atoms with Crippen molar-refractivity contribution >= 4 is 45.9 Å². The molecule has 2 amide bonds. The maximum absolute atomic E-state index is 13.1. The quantitative estimate of drug-likeness (QED) is 0.177. The second-order valence-corrected chi connectivity index (χ2v) is 8.59. The molecular formula is C32H26N4O2. The molecule has 0 heterocycles. The number of carbonyl (C=O) groups is 2. The molecule has 0 aliphatic rings. The fourth-order valence-corrected chi connectivity index (χ4v) is 3.93. The first-order valence-corrected chi connectivity index (χ1v) is 12.2. The molecule has 0 aliphatic carbocycles. The Morgan fingerprint density at radius 2 is 0.632 bits per heavy atom. The van der Waals surface area contributed by atoms with E-state index in [0.29, 0.717) is 22.5 Å². The molecule has 5 rings (SSSR count). The summed E-state index contributed by atoms with van der Waals surface area (Å²) in [5.41, 5.74) is 5.60. The molecule has 0 unspecified atom stereocenters. The molecule has 4 N–H and O–H groups in total. The summed E-state index contributed by atoms with van der Waals surface area (Å²) in [7, 11) is 0. The third-order valence-electron chi connectivity index (χ3n) is 5.83. The fourth-order valence-electron chi connectivity index (χ4n) is 3.93. The summed E-state index contributed by atoms with van der Waals surface area (Å²) in [6, 6.07) is 41.3. The van der Waals surface area contributed by atoms with Gasteiger partial charge < -0.3 is 21.3 Å². The molecule has 186 valence electrons. The van der Waals surface area contributed by atoms with Gasteiger partial charge in [-0.15, -0.1) is 0 Å². The van der Waals surface area contributed by atoms with Crippen LogP contribution in [-0.4, -0.2) is 11.8 Å². The molecule has 38 heavy (non-hydrogen) atoms. The second-order valence-electron chi connectivity index (χ2n) is 8.59. The van der Waals surface area contributed by atoms with Gasteiger partial charge in [-0.25, -0.2) is 0 Å². The first kappa shape index (κ1) is 24.3. The number of para-hydroxylation sites is 2. The number of benzene rings is 5. The van der Waals surface area contributed by atoms with Crippen molar-refractivity contribution in [1.82, 2.24) is 0 Å². The molecule has 0 radical (unpaired) electrons. The fraction of sp³-hybridized carbons (Fsp3) is 0. The SMILES string of the molecule is O=C(Nc1ccc(Nc2ccccc2)cc1)c1ccccc1C(=O)Nc1ccc(Nc2ccccc2)cc1. The van der Waals surface area contributed by atoms with Gasteiger partial charge >= 0.3 is 0 Å². The Morgan fingerprint density at radius 3 is 1.00 bits per heavy atom. The van der Waals surface area contributed by atoms with Crippen LogP contribution in [0, 0.1) is 0 Å². The third-order valence-corrected chi connectivity index (χ3v) is 5.83. The van der Waals surface area contributed by atoms with Crippen LogP contribution in [0.3, 0.4) is 0 Å². The monoisotopic (exact) mass is 498 g/mol. The van der Waals surface area contributed by atoms with E-state index in [1.165, 1.54) is 0 Å². The minimum Gasteiger partial charge on any atom is -0.356 e. The van der Waals surface area contributed by atoms with E-state index in [-0.39, 0.29) is 11.8 Å².